The van der Waals surface area contributed by atoms with Gasteiger partial charge < -0.3 is 5.32 Å². The lowest BCUT2D eigenvalue weighted by molar-refractivity contribution is 1.09. The molecule has 3 nitrogen and oxygen atoms in total. The topological polar surface area (TPSA) is 37.8 Å². The average Bonchev–Trinajstić information content (AvgIpc) is 2.60. The fraction of sp³-hybridized carbons (Fsp3) is 0.300. The van der Waals surface area contributed by atoms with Gasteiger partial charge in [-0.25, -0.2) is 9.97 Å². The van der Waals surface area contributed by atoms with Crippen LogP contribution in [-0.4, -0.2) is 9.97 Å². The number of nitrogens with one attached hydrogen (secondary N) is 1. The first-order valence-electron chi connectivity index (χ1n) is 8.26. The molecule has 0 spiro atoms. The van der Waals surface area contributed by atoms with Gasteiger partial charge in [-0.05, 0) is 55.2 Å². The van der Waals surface area contributed by atoms with Crippen molar-refractivity contribution in [1.29, 1.82) is 0 Å². The molecular formula is C20H25N3. The number of anilines is 2. The lowest BCUT2D eigenvalue weighted by Crippen LogP contribution is -2.00. The molecule has 3 aromatic rings. The Labute approximate surface area is 138 Å². The van der Waals surface area contributed by atoms with Crippen LogP contribution in [0.1, 0.15) is 37.5 Å². The number of hydrogen-bond acceptors (Lipinski definition) is 3. The van der Waals surface area contributed by atoms with E-state index in [9.17, 15) is 0 Å². The Bertz CT molecular complexity index is 780. The fourth-order valence-corrected chi connectivity index (χ4v) is 2.70. The van der Waals surface area contributed by atoms with Crippen molar-refractivity contribution in [2.24, 2.45) is 0 Å². The summed E-state index contributed by atoms with van der Waals surface area (Å²) in [7, 11) is 0. The second-order valence-electron chi connectivity index (χ2n) is 5.25. The number of rotatable bonds is 3. The van der Waals surface area contributed by atoms with Gasteiger partial charge in [0, 0.05) is 11.1 Å². The quantitative estimate of drug-likeness (QED) is 0.686. The average molecular weight is 307 g/mol. The summed E-state index contributed by atoms with van der Waals surface area (Å²) in [5.74, 6) is 0.870. The molecule has 0 aliphatic carbocycles. The largest absolute Gasteiger partial charge is 0.340 e. The predicted octanol–water partition coefficient (Wildman–Crippen LogP) is 5.58. The maximum absolute atomic E-state index is 4.44. The maximum Gasteiger partial charge on any atom is 0.141 e. The summed E-state index contributed by atoms with van der Waals surface area (Å²) in [6, 6.07) is 12.3. The summed E-state index contributed by atoms with van der Waals surface area (Å²) < 4.78 is 0. The van der Waals surface area contributed by atoms with Crippen LogP contribution >= 0.6 is 0 Å². The highest BCUT2D eigenvalue weighted by molar-refractivity contribution is 5.94. The van der Waals surface area contributed by atoms with Crippen molar-refractivity contribution in [2.45, 2.75) is 41.0 Å². The SMILES string of the molecule is CC.CCc1cc2ncnc(Nc3ccccc3)c2c(C)c1C. The van der Waals surface area contributed by atoms with Gasteiger partial charge in [0.2, 0.25) is 0 Å². The minimum absolute atomic E-state index is 0.870. The molecule has 0 amide bonds. The van der Waals surface area contributed by atoms with Crippen molar-refractivity contribution >= 4 is 22.4 Å². The van der Waals surface area contributed by atoms with Gasteiger partial charge in [-0.15, -0.1) is 0 Å². The van der Waals surface area contributed by atoms with Crippen LogP contribution in [0, 0.1) is 13.8 Å². The molecule has 1 N–H and O–H groups in total. The minimum atomic E-state index is 0.870. The van der Waals surface area contributed by atoms with E-state index in [4.69, 9.17) is 0 Å². The molecule has 0 atom stereocenters. The van der Waals surface area contributed by atoms with Crippen LogP contribution in [0.3, 0.4) is 0 Å². The summed E-state index contributed by atoms with van der Waals surface area (Å²) in [5, 5.41) is 4.51. The molecule has 23 heavy (non-hydrogen) atoms. The van der Waals surface area contributed by atoms with E-state index in [-0.39, 0.29) is 0 Å². The van der Waals surface area contributed by atoms with Gasteiger partial charge >= 0.3 is 0 Å². The first kappa shape index (κ1) is 16.9. The predicted molar refractivity (Wildman–Crippen MR) is 99.5 cm³/mol. The molecule has 0 aliphatic rings. The molecule has 0 unspecified atom stereocenters. The van der Waals surface area contributed by atoms with Crippen LogP contribution < -0.4 is 5.32 Å². The van der Waals surface area contributed by atoms with Crippen molar-refractivity contribution in [3.05, 3.63) is 59.4 Å². The first-order chi connectivity index (χ1) is 11.2. The van der Waals surface area contributed by atoms with Crippen LogP contribution in [0.25, 0.3) is 10.9 Å². The number of aromatic nitrogens is 2. The first-order valence-corrected chi connectivity index (χ1v) is 8.26. The van der Waals surface area contributed by atoms with Gasteiger partial charge in [0.1, 0.15) is 12.1 Å². The molecule has 0 radical (unpaired) electrons. The molecule has 0 saturated carbocycles. The zero-order valence-corrected chi connectivity index (χ0v) is 14.6. The Hall–Kier alpha value is -2.42. The van der Waals surface area contributed by atoms with E-state index in [2.05, 4.69) is 42.1 Å². The number of benzene rings is 2. The van der Waals surface area contributed by atoms with E-state index in [0.717, 1.165) is 28.8 Å². The number of para-hydroxylation sites is 1. The Kier molecular flexibility index (Phi) is 5.69. The Balaban J connectivity index is 0.000000924. The fourth-order valence-electron chi connectivity index (χ4n) is 2.70. The third-order valence-corrected chi connectivity index (χ3v) is 4.02. The highest BCUT2D eigenvalue weighted by Crippen LogP contribution is 2.30. The lowest BCUT2D eigenvalue weighted by Gasteiger charge is -2.14. The molecule has 0 bridgehead atoms. The number of fused-ring (bicyclic) bond motifs is 1. The maximum atomic E-state index is 4.44. The van der Waals surface area contributed by atoms with Gasteiger partial charge in [-0.1, -0.05) is 39.0 Å². The van der Waals surface area contributed by atoms with E-state index in [1.165, 1.54) is 16.7 Å². The van der Waals surface area contributed by atoms with Gasteiger partial charge in [-0.3, -0.25) is 0 Å². The summed E-state index contributed by atoms with van der Waals surface area (Å²) in [6.07, 6.45) is 2.65. The van der Waals surface area contributed by atoms with Crippen molar-refractivity contribution in [3.63, 3.8) is 0 Å². The molecule has 3 rings (SSSR count). The van der Waals surface area contributed by atoms with Crippen LogP contribution in [0.15, 0.2) is 42.7 Å². The van der Waals surface area contributed by atoms with Crippen LogP contribution in [0.5, 0.6) is 0 Å². The second-order valence-corrected chi connectivity index (χ2v) is 5.25. The standard InChI is InChI=1S/C18H19N3.C2H6/c1-4-14-10-16-17(13(3)12(14)2)18(20-11-19-16)21-15-8-6-5-7-9-15;1-2/h5-11H,4H2,1-3H3,(H,19,20,21);1-2H3. The van der Waals surface area contributed by atoms with Gasteiger partial charge in [0.15, 0.2) is 0 Å². The van der Waals surface area contributed by atoms with E-state index >= 15 is 0 Å². The normalized spacial score (nSPS) is 10.1. The van der Waals surface area contributed by atoms with Crippen molar-refractivity contribution in [3.8, 4) is 0 Å². The lowest BCUT2D eigenvalue weighted by atomic mass is 9.97. The van der Waals surface area contributed by atoms with Gasteiger partial charge in [0.25, 0.3) is 0 Å². The van der Waals surface area contributed by atoms with Gasteiger partial charge in [-0.2, -0.15) is 0 Å². The molecule has 3 heteroatoms. The number of hydrogen-bond donors (Lipinski definition) is 1. The molecular weight excluding hydrogens is 282 g/mol. The Morgan fingerprint density at radius 1 is 0.957 bits per heavy atom. The van der Waals surface area contributed by atoms with E-state index in [1.54, 1.807) is 6.33 Å². The molecule has 120 valence electrons. The summed E-state index contributed by atoms with van der Waals surface area (Å²) in [6.45, 7) is 10.5. The third-order valence-electron chi connectivity index (χ3n) is 4.02. The molecule has 0 fully saturated rings. The molecule has 0 saturated heterocycles. The second kappa shape index (κ2) is 7.73. The van der Waals surface area contributed by atoms with E-state index in [1.807, 2.05) is 44.2 Å². The Morgan fingerprint density at radius 3 is 2.30 bits per heavy atom. The highest BCUT2D eigenvalue weighted by atomic mass is 15.0. The van der Waals surface area contributed by atoms with E-state index < -0.39 is 0 Å². The zero-order valence-electron chi connectivity index (χ0n) is 14.6. The smallest absolute Gasteiger partial charge is 0.141 e. The summed E-state index contributed by atoms with van der Waals surface area (Å²) in [4.78, 5) is 8.88. The van der Waals surface area contributed by atoms with Crippen LogP contribution in [0.4, 0.5) is 11.5 Å². The molecule has 2 aromatic carbocycles. The van der Waals surface area contributed by atoms with Crippen molar-refractivity contribution < 1.29 is 0 Å². The highest BCUT2D eigenvalue weighted by Gasteiger charge is 2.11. The number of aryl methyl sites for hydroxylation is 2. The monoisotopic (exact) mass is 307 g/mol. The molecule has 0 aliphatic heterocycles. The van der Waals surface area contributed by atoms with Gasteiger partial charge in [0.05, 0.1) is 5.52 Å². The van der Waals surface area contributed by atoms with Crippen LogP contribution in [0.2, 0.25) is 0 Å². The third kappa shape index (κ3) is 3.50. The van der Waals surface area contributed by atoms with E-state index in [0.29, 0.717) is 0 Å². The number of nitrogens with zero attached hydrogens (tertiary/aromatic N) is 2. The Morgan fingerprint density at radius 2 is 1.65 bits per heavy atom. The van der Waals surface area contributed by atoms with Crippen molar-refractivity contribution in [1.82, 2.24) is 9.97 Å². The summed E-state index contributed by atoms with van der Waals surface area (Å²) in [5.41, 5.74) is 5.97. The minimum Gasteiger partial charge on any atom is -0.340 e. The van der Waals surface area contributed by atoms with Crippen LogP contribution in [-0.2, 0) is 6.42 Å². The molecule has 1 aromatic heterocycles. The van der Waals surface area contributed by atoms with Crippen molar-refractivity contribution in [2.75, 3.05) is 5.32 Å². The summed E-state index contributed by atoms with van der Waals surface area (Å²) >= 11 is 0. The molecule has 1 heterocycles. The zero-order chi connectivity index (χ0) is 16.8.